The summed E-state index contributed by atoms with van der Waals surface area (Å²) >= 11 is 1.51. The van der Waals surface area contributed by atoms with Gasteiger partial charge in [0.1, 0.15) is 11.6 Å². The summed E-state index contributed by atoms with van der Waals surface area (Å²) < 4.78 is 5.20. The molecule has 0 bridgehead atoms. The van der Waals surface area contributed by atoms with Crippen molar-refractivity contribution < 1.29 is 9.53 Å². The van der Waals surface area contributed by atoms with Gasteiger partial charge >= 0.3 is 5.97 Å². The molecule has 0 spiro atoms. The predicted octanol–water partition coefficient (Wildman–Crippen LogP) is 2.05. The second-order valence-electron chi connectivity index (χ2n) is 4.53. The van der Waals surface area contributed by atoms with Gasteiger partial charge in [0, 0.05) is 5.38 Å². The molecule has 0 aliphatic carbocycles. The van der Waals surface area contributed by atoms with Gasteiger partial charge in [-0.1, -0.05) is 6.92 Å². The lowest BCUT2D eigenvalue weighted by atomic mass is 10.2. The smallest absolute Gasteiger partial charge is 0.329 e. The van der Waals surface area contributed by atoms with Gasteiger partial charge in [0.25, 0.3) is 0 Å². The Morgan fingerprint density at radius 2 is 2.25 bits per heavy atom. The molecule has 1 heterocycles. The zero-order valence-corrected chi connectivity index (χ0v) is 10.9. The Kier molecular flexibility index (Phi) is 4.04. The van der Waals surface area contributed by atoms with Crippen molar-refractivity contribution in [2.45, 2.75) is 45.8 Å². The van der Waals surface area contributed by atoms with E-state index in [-0.39, 0.29) is 0 Å². The van der Waals surface area contributed by atoms with Crippen molar-refractivity contribution >= 4 is 17.3 Å². The van der Waals surface area contributed by atoms with Crippen LogP contribution in [0.4, 0.5) is 0 Å². The number of carbonyl (C=O) groups is 1. The molecule has 1 unspecified atom stereocenters. The van der Waals surface area contributed by atoms with E-state index in [4.69, 9.17) is 10.5 Å². The van der Waals surface area contributed by atoms with E-state index in [1.807, 2.05) is 33.1 Å². The number of ether oxygens (including phenoxy) is 1. The maximum absolute atomic E-state index is 11.7. The van der Waals surface area contributed by atoms with Gasteiger partial charge in [-0.05, 0) is 27.2 Å². The highest BCUT2D eigenvalue weighted by molar-refractivity contribution is 7.09. The maximum Gasteiger partial charge on any atom is 0.329 e. The number of hydrogen-bond acceptors (Lipinski definition) is 5. The predicted molar refractivity (Wildman–Crippen MR) is 64.3 cm³/mol. The summed E-state index contributed by atoms with van der Waals surface area (Å²) in [4.78, 5) is 15.9. The Bertz CT molecular complexity index is 368. The van der Waals surface area contributed by atoms with E-state index in [0.717, 1.165) is 11.4 Å². The molecule has 16 heavy (non-hydrogen) atoms. The minimum absolute atomic E-state index is 0.430. The van der Waals surface area contributed by atoms with Gasteiger partial charge < -0.3 is 10.5 Å². The number of esters is 1. The lowest BCUT2D eigenvalue weighted by Gasteiger charge is -2.21. The molecule has 0 aliphatic rings. The maximum atomic E-state index is 11.7. The largest absolute Gasteiger partial charge is 0.459 e. The number of hydrogen-bond donors (Lipinski definition) is 1. The molecule has 0 aromatic carbocycles. The van der Waals surface area contributed by atoms with Crippen molar-refractivity contribution in [3.8, 4) is 0 Å². The molecule has 0 saturated carbocycles. The van der Waals surface area contributed by atoms with E-state index in [9.17, 15) is 4.79 Å². The Labute approximate surface area is 99.8 Å². The third-order valence-electron chi connectivity index (χ3n) is 1.85. The van der Waals surface area contributed by atoms with E-state index < -0.39 is 17.6 Å². The third kappa shape index (κ3) is 3.57. The molecule has 1 aromatic heterocycles. The topological polar surface area (TPSA) is 65.2 Å². The molecule has 0 fully saturated rings. The molecule has 0 aliphatic heterocycles. The number of nitrogens with zero attached hydrogens (tertiary/aromatic N) is 1. The zero-order chi connectivity index (χ0) is 12.3. The van der Waals surface area contributed by atoms with E-state index in [0.29, 0.717) is 5.69 Å². The molecule has 0 amide bonds. The number of rotatable bonds is 3. The Morgan fingerprint density at radius 1 is 1.62 bits per heavy atom. The molecule has 1 atom stereocenters. The minimum Gasteiger partial charge on any atom is -0.459 e. The van der Waals surface area contributed by atoms with Crippen molar-refractivity contribution in [2.75, 3.05) is 0 Å². The molecular formula is C11H18N2O2S. The van der Waals surface area contributed by atoms with Gasteiger partial charge in [0.05, 0.1) is 10.7 Å². The number of thiazole rings is 1. The standard InChI is InChI=1S/C11H18N2O2S/c1-5-8-13-7(6-16-8)9(12)10(14)15-11(2,3)4/h6,9H,5,12H2,1-4H3. The van der Waals surface area contributed by atoms with Crippen LogP contribution in [0.1, 0.15) is 44.4 Å². The molecule has 0 radical (unpaired) electrons. The van der Waals surface area contributed by atoms with Crippen LogP contribution >= 0.6 is 11.3 Å². The molecule has 2 N–H and O–H groups in total. The number of carbonyl (C=O) groups excluding carboxylic acids is 1. The molecule has 0 saturated heterocycles. The van der Waals surface area contributed by atoms with Gasteiger partial charge in [-0.3, -0.25) is 0 Å². The first-order valence-corrected chi connectivity index (χ1v) is 6.14. The summed E-state index contributed by atoms with van der Waals surface area (Å²) in [5.41, 5.74) is 5.86. The number of aryl methyl sites for hydroxylation is 1. The van der Waals surface area contributed by atoms with Crippen LogP contribution in [0.25, 0.3) is 0 Å². The fourth-order valence-electron chi connectivity index (χ4n) is 1.12. The SMILES string of the molecule is CCc1nc(C(N)C(=O)OC(C)(C)C)cs1. The van der Waals surface area contributed by atoms with Crippen LogP contribution in [0.5, 0.6) is 0 Å². The van der Waals surface area contributed by atoms with Crippen molar-refractivity contribution in [3.63, 3.8) is 0 Å². The van der Waals surface area contributed by atoms with Crippen LogP contribution in [-0.4, -0.2) is 16.6 Å². The highest BCUT2D eigenvalue weighted by Gasteiger charge is 2.25. The second kappa shape index (κ2) is 4.93. The molecule has 5 heteroatoms. The van der Waals surface area contributed by atoms with Gasteiger partial charge in [-0.2, -0.15) is 0 Å². The van der Waals surface area contributed by atoms with Crippen molar-refractivity contribution in [1.82, 2.24) is 4.98 Å². The van der Waals surface area contributed by atoms with Gasteiger partial charge in [-0.15, -0.1) is 11.3 Å². The molecule has 1 aromatic rings. The molecular weight excluding hydrogens is 224 g/mol. The summed E-state index contributed by atoms with van der Waals surface area (Å²) in [5.74, 6) is -0.430. The summed E-state index contributed by atoms with van der Waals surface area (Å²) in [7, 11) is 0. The van der Waals surface area contributed by atoms with Crippen molar-refractivity contribution in [1.29, 1.82) is 0 Å². The molecule has 4 nitrogen and oxygen atoms in total. The fourth-order valence-corrected chi connectivity index (χ4v) is 1.90. The van der Waals surface area contributed by atoms with Crippen LogP contribution in [0, 0.1) is 0 Å². The lowest BCUT2D eigenvalue weighted by Crippen LogP contribution is -2.31. The van der Waals surface area contributed by atoms with E-state index in [2.05, 4.69) is 4.98 Å². The first-order chi connectivity index (χ1) is 7.33. The quantitative estimate of drug-likeness (QED) is 0.824. The van der Waals surface area contributed by atoms with E-state index in [1.165, 1.54) is 11.3 Å². The summed E-state index contributed by atoms with van der Waals surface area (Å²) in [6.07, 6.45) is 0.853. The Morgan fingerprint density at radius 3 is 2.69 bits per heavy atom. The Balaban J connectivity index is 2.70. The zero-order valence-electron chi connectivity index (χ0n) is 10.1. The summed E-state index contributed by atoms with van der Waals surface area (Å²) in [5, 5.41) is 2.79. The van der Waals surface area contributed by atoms with Gasteiger partial charge in [0.15, 0.2) is 0 Å². The highest BCUT2D eigenvalue weighted by atomic mass is 32.1. The van der Waals surface area contributed by atoms with Crippen LogP contribution in [0.15, 0.2) is 5.38 Å². The van der Waals surface area contributed by atoms with Crippen LogP contribution in [0.3, 0.4) is 0 Å². The molecule has 1 rings (SSSR count). The normalized spacial score (nSPS) is 13.6. The summed E-state index contributed by atoms with van der Waals surface area (Å²) in [6, 6.07) is -0.782. The highest BCUT2D eigenvalue weighted by Crippen LogP contribution is 2.19. The fraction of sp³-hybridized carbons (Fsp3) is 0.636. The van der Waals surface area contributed by atoms with E-state index in [1.54, 1.807) is 0 Å². The summed E-state index contributed by atoms with van der Waals surface area (Å²) in [6.45, 7) is 7.46. The first-order valence-electron chi connectivity index (χ1n) is 5.26. The first kappa shape index (κ1) is 13.1. The number of nitrogens with two attached hydrogens (primary N) is 1. The number of aromatic nitrogens is 1. The van der Waals surface area contributed by atoms with Crippen molar-refractivity contribution in [2.24, 2.45) is 5.73 Å². The van der Waals surface area contributed by atoms with Gasteiger partial charge in [0.2, 0.25) is 0 Å². The van der Waals surface area contributed by atoms with Gasteiger partial charge in [-0.25, -0.2) is 9.78 Å². The van der Waals surface area contributed by atoms with E-state index >= 15 is 0 Å². The van der Waals surface area contributed by atoms with Crippen molar-refractivity contribution in [3.05, 3.63) is 16.1 Å². The molecule has 90 valence electrons. The average Bonchev–Trinajstić information content (AvgIpc) is 2.61. The van der Waals surface area contributed by atoms with Crippen LogP contribution in [0.2, 0.25) is 0 Å². The minimum atomic E-state index is -0.782. The van der Waals surface area contributed by atoms with Crippen LogP contribution < -0.4 is 5.73 Å². The lowest BCUT2D eigenvalue weighted by molar-refractivity contribution is -0.156. The third-order valence-corrected chi connectivity index (χ3v) is 2.86. The average molecular weight is 242 g/mol. The van der Waals surface area contributed by atoms with Crippen LogP contribution in [-0.2, 0) is 16.0 Å². The second-order valence-corrected chi connectivity index (χ2v) is 5.47. The Hall–Kier alpha value is -0.940. The monoisotopic (exact) mass is 242 g/mol.